The van der Waals surface area contributed by atoms with Crippen molar-refractivity contribution in [2.45, 2.75) is 64.7 Å². The molecule has 0 aromatic carbocycles. The summed E-state index contributed by atoms with van der Waals surface area (Å²) in [7, 11) is 0. The van der Waals surface area contributed by atoms with Crippen LogP contribution in [0.2, 0.25) is 12.6 Å². The minimum absolute atomic E-state index is 0.963. The van der Waals surface area contributed by atoms with Crippen LogP contribution >= 0.6 is 22.2 Å². The lowest BCUT2D eigenvalue weighted by Crippen LogP contribution is -2.32. The van der Waals surface area contributed by atoms with Crippen molar-refractivity contribution in [2.75, 3.05) is 0 Å². The Morgan fingerprint density at radius 1 is 1.17 bits per heavy atom. The van der Waals surface area contributed by atoms with Crippen molar-refractivity contribution < 1.29 is 4.57 Å². The van der Waals surface area contributed by atoms with Crippen LogP contribution in [0.1, 0.15) is 39.0 Å². The predicted octanol–water partition coefficient (Wildman–Crippen LogP) is 4.30. The summed E-state index contributed by atoms with van der Waals surface area (Å²) >= 11 is 12.2. The summed E-state index contributed by atoms with van der Waals surface area (Å²) in [5, 5.41) is 0. The van der Waals surface area contributed by atoms with Crippen LogP contribution in [0, 0.1) is 0 Å². The predicted molar refractivity (Wildman–Crippen MR) is 81.5 cm³/mol. The van der Waals surface area contributed by atoms with Crippen molar-refractivity contribution in [3.63, 3.8) is 0 Å². The lowest BCUT2D eigenvalue weighted by molar-refractivity contribution is -0.696. The number of imidazole rings is 1. The van der Waals surface area contributed by atoms with Gasteiger partial charge in [0.15, 0.2) is 0 Å². The molecular formula is C13H25Cl2N2Si+. The molecule has 0 saturated carbocycles. The lowest BCUT2D eigenvalue weighted by Gasteiger charge is -2.07. The zero-order valence-corrected chi connectivity index (χ0v) is 14.1. The van der Waals surface area contributed by atoms with Crippen molar-refractivity contribution >= 4 is 28.9 Å². The van der Waals surface area contributed by atoms with Crippen LogP contribution in [-0.4, -0.2) is 11.3 Å². The molecule has 104 valence electrons. The van der Waals surface area contributed by atoms with Crippen LogP contribution in [0.25, 0.3) is 0 Å². The molecule has 0 aliphatic rings. The first-order valence-electron chi connectivity index (χ1n) is 6.94. The first-order valence-corrected chi connectivity index (χ1v) is 11.7. The summed E-state index contributed by atoms with van der Waals surface area (Å²) in [6.45, 7) is 4.47. The number of nitrogens with zero attached hydrogens (tertiary/aromatic N) is 2. The van der Waals surface area contributed by atoms with Gasteiger partial charge in [0, 0.05) is 0 Å². The van der Waals surface area contributed by atoms with Crippen LogP contribution in [0.3, 0.4) is 0 Å². The van der Waals surface area contributed by atoms with Gasteiger partial charge < -0.3 is 0 Å². The molecule has 0 radical (unpaired) electrons. The van der Waals surface area contributed by atoms with Gasteiger partial charge >= 0.3 is 0 Å². The summed E-state index contributed by atoms with van der Waals surface area (Å²) in [4.78, 5) is 0. The van der Waals surface area contributed by atoms with E-state index >= 15 is 0 Å². The first kappa shape index (κ1) is 16.1. The molecule has 0 bridgehead atoms. The second kappa shape index (κ2) is 8.23. The van der Waals surface area contributed by atoms with E-state index in [1.807, 2.05) is 6.55 Å². The molecule has 0 amide bonds. The molecule has 0 aliphatic heterocycles. The Morgan fingerprint density at radius 3 is 2.61 bits per heavy atom. The summed E-state index contributed by atoms with van der Waals surface area (Å²) in [6.07, 6.45) is 12.8. The molecule has 0 spiro atoms. The zero-order chi connectivity index (χ0) is 13.4. The number of aryl methyl sites for hydroxylation is 2. The average molecular weight is 308 g/mol. The first-order chi connectivity index (χ1) is 8.51. The maximum absolute atomic E-state index is 6.09. The normalized spacial score (nSPS) is 12.0. The van der Waals surface area contributed by atoms with E-state index in [1.54, 1.807) is 0 Å². The fourth-order valence-electron chi connectivity index (χ4n) is 2.00. The topological polar surface area (TPSA) is 8.81 Å². The third-order valence-corrected chi connectivity index (χ3v) is 5.41. The van der Waals surface area contributed by atoms with Gasteiger partial charge in [-0.3, -0.25) is 0 Å². The maximum Gasteiger partial charge on any atom is 0.248 e. The largest absolute Gasteiger partial charge is 0.248 e. The molecule has 2 nitrogen and oxygen atoms in total. The number of aromatic nitrogens is 2. The molecule has 18 heavy (non-hydrogen) atoms. The minimum Gasteiger partial charge on any atom is -0.237 e. The van der Waals surface area contributed by atoms with Crippen molar-refractivity contribution in [2.24, 2.45) is 0 Å². The fraction of sp³-hybridized carbons (Fsp3) is 0.769. The van der Waals surface area contributed by atoms with Gasteiger partial charge in [-0.15, -0.1) is 22.2 Å². The number of unbranched alkanes of at least 4 members (excludes halogenated alkanes) is 3. The molecule has 1 rings (SSSR count). The Balaban J connectivity index is 2.21. The van der Waals surface area contributed by atoms with Crippen LogP contribution in [-0.2, 0) is 13.1 Å². The van der Waals surface area contributed by atoms with Gasteiger partial charge in [0.25, 0.3) is 0 Å². The Kier molecular flexibility index (Phi) is 7.35. The molecule has 0 N–H and O–H groups in total. The summed E-state index contributed by atoms with van der Waals surface area (Å²) in [5.74, 6) is 0. The molecule has 0 saturated heterocycles. The summed E-state index contributed by atoms with van der Waals surface area (Å²) < 4.78 is 4.50. The smallest absolute Gasteiger partial charge is 0.237 e. The van der Waals surface area contributed by atoms with Crippen molar-refractivity contribution in [1.29, 1.82) is 0 Å². The molecule has 1 heterocycles. The number of hydrogen-bond donors (Lipinski definition) is 0. The van der Waals surface area contributed by atoms with E-state index in [9.17, 15) is 0 Å². The number of halogens is 2. The van der Waals surface area contributed by atoms with E-state index in [4.69, 9.17) is 22.2 Å². The number of hydrogen-bond acceptors (Lipinski definition) is 0. The van der Waals surface area contributed by atoms with Crippen molar-refractivity contribution in [1.82, 2.24) is 4.57 Å². The van der Waals surface area contributed by atoms with Crippen molar-refractivity contribution in [3.05, 3.63) is 18.7 Å². The minimum atomic E-state index is -1.91. The highest BCUT2D eigenvalue weighted by Gasteiger charge is 2.20. The van der Waals surface area contributed by atoms with Gasteiger partial charge in [0.1, 0.15) is 12.4 Å². The molecule has 0 fully saturated rings. The Morgan fingerprint density at radius 2 is 1.94 bits per heavy atom. The lowest BCUT2D eigenvalue weighted by atomic mass is 10.2. The van der Waals surface area contributed by atoms with Gasteiger partial charge in [-0.25, -0.2) is 9.13 Å². The van der Waals surface area contributed by atoms with E-state index in [0.29, 0.717) is 0 Å². The van der Waals surface area contributed by atoms with Gasteiger partial charge in [0.05, 0.1) is 13.1 Å². The standard InChI is InChI=1S/C13H25Cl2N2Si/c1-3-4-5-6-8-16-10-11-17(13-16)9-7-12-18(2,14)15/h10-11,13H,3-9,12H2,1-2H3/q+1. The molecule has 0 aliphatic carbocycles. The molecule has 0 unspecified atom stereocenters. The van der Waals surface area contributed by atoms with Gasteiger partial charge in [-0.2, -0.15) is 0 Å². The van der Waals surface area contributed by atoms with E-state index in [-0.39, 0.29) is 0 Å². The van der Waals surface area contributed by atoms with Crippen LogP contribution in [0.5, 0.6) is 0 Å². The monoisotopic (exact) mass is 307 g/mol. The van der Waals surface area contributed by atoms with Crippen LogP contribution < -0.4 is 4.57 Å². The van der Waals surface area contributed by atoms with Gasteiger partial charge in [-0.1, -0.05) is 19.8 Å². The Labute approximate surface area is 121 Å². The van der Waals surface area contributed by atoms with E-state index in [2.05, 4.69) is 34.8 Å². The second-order valence-corrected chi connectivity index (χ2v) is 13.3. The fourth-order valence-corrected chi connectivity index (χ4v) is 3.58. The third kappa shape index (κ3) is 7.44. The van der Waals surface area contributed by atoms with E-state index in [1.165, 1.54) is 25.7 Å². The van der Waals surface area contributed by atoms with Crippen LogP contribution in [0.15, 0.2) is 18.7 Å². The summed E-state index contributed by atoms with van der Waals surface area (Å²) in [5.41, 5.74) is 0. The molecule has 5 heteroatoms. The van der Waals surface area contributed by atoms with Gasteiger partial charge in [-0.05, 0) is 31.9 Å². The van der Waals surface area contributed by atoms with E-state index in [0.717, 1.165) is 25.6 Å². The highest BCUT2D eigenvalue weighted by atomic mass is 35.7. The Hall–Kier alpha value is 0.00688. The average Bonchev–Trinajstić information content (AvgIpc) is 2.71. The quantitative estimate of drug-likeness (QED) is 0.278. The van der Waals surface area contributed by atoms with E-state index < -0.39 is 6.69 Å². The summed E-state index contributed by atoms with van der Waals surface area (Å²) in [6, 6.07) is 0.963. The second-order valence-electron chi connectivity index (χ2n) is 5.12. The zero-order valence-electron chi connectivity index (χ0n) is 11.5. The maximum atomic E-state index is 6.09. The SMILES string of the molecule is CCCCCCn1cc[n+](CCC[Si](C)(Cl)Cl)c1. The number of rotatable bonds is 9. The highest BCUT2D eigenvalue weighted by Crippen LogP contribution is 2.21. The molecular weight excluding hydrogens is 283 g/mol. The van der Waals surface area contributed by atoms with Crippen LogP contribution in [0.4, 0.5) is 0 Å². The molecule has 1 aromatic rings. The third-order valence-electron chi connectivity index (χ3n) is 3.05. The van der Waals surface area contributed by atoms with Crippen molar-refractivity contribution in [3.8, 4) is 0 Å². The molecule has 0 atom stereocenters. The highest BCUT2D eigenvalue weighted by molar-refractivity contribution is 7.44. The van der Waals surface area contributed by atoms with Gasteiger partial charge in [0.2, 0.25) is 13.0 Å². The molecule has 1 aromatic heterocycles. The Bertz CT molecular complexity index is 334.